The fraction of sp³-hybridized carbons (Fsp3) is 0.400. The molecule has 0 saturated heterocycles. The van der Waals surface area contributed by atoms with Gasteiger partial charge >= 0.3 is 7.60 Å². The van der Waals surface area contributed by atoms with Gasteiger partial charge in [-0.05, 0) is 19.4 Å². The van der Waals surface area contributed by atoms with E-state index in [0.717, 1.165) is 5.56 Å². The second-order valence-electron chi connectivity index (χ2n) is 4.78. The van der Waals surface area contributed by atoms with Crippen LogP contribution in [0, 0.1) is 0 Å². The zero-order valence-electron chi connectivity index (χ0n) is 12.7. The van der Waals surface area contributed by atoms with E-state index in [1.54, 1.807) is 13.8 Å². The van der Waals surface area contributed by atoms with Gasteiger partial charge in [0.15, 0.2) is 5.31 Å². The minimum Gasteiger partial charge on any atom is -0.509 e. The third-order valence-corrected chi connectivity index (χ3v) is 5.39. The van der Waals surface area contributed by atoms with Crippen LogP contribution in [0.4, 0.5) is 0 Å². The Hall–Kier alpha value is -1.62. The number of rotatable bonds is 7. The van der Waals surface area contributed by atoms with Crippen molar-refractivity contribution >= 4 is 13.5 Å². The van der Waals surface area contributed by atoms with Crippen molar-refractivity contribution < 1.29 is 23.5 Å². The van der Waals surface area contributed by atoms with Crippen LogP contribution in [-0.4, -0.2) is 35.7 Å². The Kier molecular flexibility index (Phi) is 5.40. The average molecular weight is 325 g/mol. The van der Waals surface area contributed by atoms with Crippen LogP contribution in [-0.2, 0) is 25.0 Å². The standard InChI is InChI=1S/C15H20NO5P/c1-3-20-22(19,21-4-2)14-13(17)11-16(15(14)18)10-12-8-6-5-7-9-12/h5-9,17H,3-4,10-11H2,1-2H3. The lowest BCUT2D eigenvalue weighted by Gasteiger charge is -2.19. The lowest BCUT2D eigenvalue weighted by Crippen LogP contribution is -2.27. The molecule has 0 unspecified atom stereocenters. The van der Waals surface area contributed by atoms with Gasteiger partial charge in [0.2, 0.25) is 0 Å². The lowest BCUT2D eigenvalue weighted by atomic mass is 10.2. The molecule has 22 heavy (non-hydrogen) atoms. The molecule has 1 aromatic carbocycles. The molecule has 1 heterocycles. The summed E-state index contributed by atoms with van der Waals surface area (Å²) in [5.74, 6) is -0.752. The van der Waals surface area contributed by atoms with E-state index in [1.165, 1.54) is 4.90 Å². The van der Waals surface area contributed by atoms with Crippen LogP contribution in [0.3, 0.4) is 0 Å². The predicted octanol–water partition coefficient (Wildman–Crippen LogP) is 3.06. The highest BCUT2D eigenvalue weighted by Crippen LogP contribution is 2.58. The molecule has 2 rings (SSSR count). The number of carbonyl (C=O) groups excluding carboxylic acids is 1. The molecule has 6 nitrogen and oxygen atoms in total. The van der Waals surface area contributed by atoms with Gasteiger partial charge in [-0.2, -0.15) is 0 Å². The van der Waals surface area contributed by atoms with Crippen molar-refractivity contribution in [3.8, 4) is 0 Å². The number of carbonyl (C=O) groups is 1. The molecule has 1 aromatic rings. The molecule has 0 atom stereocenters. The fourth-order valence-electron chi connectivity index (χ4n) is 2.31. The minimum absolute atomic E-state index is 0.00714. The fourth-order valence-corrected chi connectivity index (χ4v) is 4.09. The summed E-state index contributed by atoms with van der Waals surface area (Å²) in [6.45, 7) is 3.90. The van der Waals surface area contributed by atoms with Crippen molar-refractivity contribution in [2.75, 3.05) is 19.8 Å². The number of hydrogen-bond donors (Lipinski definition) is 1. The maximum Gasteiger partial charge on any atom is 0.370 e. The minimum atomic E-state index is -3.78. The van der Waals surface area contributed by atoms with Gasteiger partial charge in [0.05, 0.1) is 19.8 Å². The van der Waals surface area contributed by atoms with Gasteiger partial charge in [0.25, 0.3) is 5.91 Å². The molecule has 0 saturated carbocycles. The summed E-state index contributed by atoms with van der Waals surface area (Å²) >= 11 is 0. The molecule has 0 bridgehead atoms. The summed E-state index contributed by atoms with van der Waals surface area (Å²) in [6, 6.07) is 9.39. The SMILES string of the molecule is CCOP(=O)(OCC)C1=C(O)CN(Cc2ccccc2)C1=O. The van der Waals surface area contributed by atoms with Gasteiger partial charge in [0.1, 0.15) is 5.76 Å². The van der Waals surface area contributed by atoms with Gasteiger partial charge in [-0.1, -0.05) is 30.3 Å². The number of aliphatic hydroxyl groups excluding tert-OH is 1. The van der Waals surface area contributed by atoms with Crippen molar-refractivity contribution in [2.45, 2.75) is 20.4 Å². The summed E-state index contributed by atoms with van der Waals surface area (Å²) in [4.78, 5) is 13.9. The summed E-state index contributed by atoms with van der Waals surface area (Å²) < 4.78 is 23.0. The first-order valence-corrected chi connectivity index (χ1v) is 8.71. The van der Waals surface area contributed by atoms with Gasteiger partial charge in [-0.15, -0.1) is 0 Å². The molecule has 0 fully saturated rings. The summed E-state index contributed by atoms with van der Waals surface area (Å²) in [7, 11) is -3.78. The average Bonchev–Trinajstić information content (AvgIpc) is 2.75. The highest BCUT2D eigenvalue weighted by atomic mass is 31.2. The normalized spacial score (nSPS) is 15.7. The van der Waals surface area contributed by atoms with E-state index >= 15 is 0 Å². The number of nitrogens with zero attached hydrogens (tertiary/aromatic N) is 1. The maximum absolute atomic E-state index is 12.7. The Labute approximate surface area is 129 Å². The summed E-state index contributed by atoms with van der Waals surface area (Å²) in [5, 5.41) is 9.84. The molecule has 0 aliphatic carbocycles. The van der Waals surface area contributed by atoms with Gasteiger partial charge < -0.3 is 19.1 Å². The lowest BCUT2D eigenvalue weighted by molar-refractivity contribution is -0.125. The molecule has 1 amide bonds. The first-order valence-electron chi connectivity index (χ1n) is 7.16. The van der Waals surface area contributed by atoms with Crippen molar-refractivity contribution in [1.82, 2.24) is 4.90 Å². The van der Waals surface area contributed by atoms with Crippen molar-refractivity contribution in [3.63, 3.8) is 0 Å². The monoisotopic (exact) mass is 325 g/mol. The van der Waals surface area contributed by atoms with E-state index in [1.807, 2.05) is 30.3 Å². The second kappa shape index (κ2) is 7.09. The molecule has 0 spiro atoms. The highest BCUT2D eigenvalue weighted by molar-refractivity contribution is 7.60. The summed E-state index contributed by atoms with van der Waals surface area (Å²) in [5.41, 5.74) is 0.924. The van der Waals surface area contributed by atoms with Gasteiger partial charge in [0, 0.05) is 6.54 Å². The Morgan fingerprint density at radius 3 is 2.32 bits per heavy atom. The van der Waals surface area contributed by atoms with E-state index < -0.39 is 13.5 Å². The molecule has 120 valence electrons. The molecule has 0 aromatic heterocycles. The Morgan fingerprint density at radius 1 is 1.18 bits per heavy atom. The van der Waals surface area contributed by atoms with Crippen molar-refractivity contribution in [3.05, 3.63) is 47.0 Å². The molecule has 0 radical (unpaired) electrons. The third-order valence-electron chi connectivity index (χ3n) is 3.19. The van der Waals surface area contributed by atoms with Crippen LogP contribution in [0.5, 0.6) is 0 Å². The largest absolute Gasteiger partial charge is 0.509 e. The Bertz CT molecular complexity index is 604. The Morgan fingerprint density at radius 2 is 1.77 bits per heavy atom. The molecule has 1 aliphatic heterocycles. The number of benzene rings is 1. The van der Waals surface area contributed by atoms with Crippen LogP contribution < -0.4 is 0 Å². The predicted molar refractivity (Wildman–Crippen MR) is 82.4 cm³/mol. The van der Waals surface area contributed by atoms with Crippen molar-refractivity contribution in [2.24, 2.45) is 0 Å². The van der Waals surface area contributed by atoms with E-state index in [2.05, 4.69) is 0 Å². The summed E-state index contributed by atoms with van der Waals surface area (Å²) in [6.07, 6.45) is 0. The van der Waals surface area contributed by atoms with E-state index in [0.29, 0.717) is 6.54 Å². The zero-order chi connectivity index (χ0) is 16.2. The van der Waals surface area contributed by atoms with Gasteiger partial charge in [-0.25, -0.2) is 0 Å². The van der Waals surface area contributed by atoms with Crippen LogP contribution in [0.1, 0.15) is 19.4 Å². The van der Waals surface area contributed by atoms with E-state index in [4.69, 9.17) is 9.05 Å². The van der Waals surface area contributed by atoms with Crippen LogP contribution >= 0.6 is 7.60 Å². The van der Waals surface area contributed by atoms with Crippen LogP contribution in [0.25, 0.3) is 0 Å². The van der Waals surface area contributed by atoms with Crippen LogP contribution in [0.15, 0.2) is 41.4 Å². The number of aliphatic hydroxyl groups is 1. The second-order valence-corrected chi connectivity index (χ2v) is 6.73. The van der Waals surface area contributed by atoms with E-state index in [-0.39, 0.29) is 30.8 Å². The molecular weight excluding hydrogens is 305 g/mol. The Balaban J connectivity index is 2.21. The first kappa shape index (κ1) is 16.7. The number of amides is 1. The third kappa shape index (κ3) is 3.40. The molecule has 1 aliphatic rings. The maximum atomic E-state index is 12.7. The van der Waals surface area contributed by atoms with E-state index in [9.17, 15) is 14.5 Å². The number of hydrogen-bond acceptors (Lipinski definition) is 5. The molecule has 1 N–H and O–H groups in total. The molecule has 7 heteroatoms. The highest BCUT2D eigenvalue weighted by Gasteiger charge is 2.44. The van der Waals surface area contributed by atoms with Crippen LogP contribution in [0.2, 0.25) is 0 Å². The first-order chi connectivity index (χ1) is 10.5. The topological polar surface area (TPSA) is 76.1 Å². The quantitative estimate of drug-likeness (QED) is 0.780. The smallest absolute Gasteiger partial charge is 0.370 e. The van der Waals surface area contributed by atoms with Crippen molar-refractivity contribution in [1.29, 1.82) is 0 Å². The zero-order valence-corrected chi connectivity index (χ0v) is 13.6. The molecular formula is C15H20NO5P. The van der Waals surface area contributed by atoms with Gasteiger partial charge in [-0.3, -0.25) is 9.36 Å².